The van der Waals surface area contributed by atoms with Gasteiger partial charge >= 0.3 is 12.1 Å². The molecule has 3 aromatic rings. The summed E-state index contributed by atoms with van der Waals surface area (Å²) >= 11 is 0. The molecule has 0 aliphatic carbocycles. The van der Waals surface area contributed by atoms with E-state index in [1.807, 2.05) is 31.2 Å². The fraction of sp³-hybridized carbons (Fsp3) is 0.176. The summed E-state index contributed by atoms with van der Waals surface area (Å²) in [5, 5.41) is 16.2. The van der Waals surface area contributed by atoms with Crippen molar-refractivity contribution >= 4 is 16.8 Å². The lowest BCUT2D eigenvalue weighted by atomic mass is 10.2. The molecule has 2 aromatic carbocycles. The zero-order chi connectivity index (χ0) is 18.2. The monoisotopic (exact) mass is 349 g/mol. The van der Waals surface area contributed by atoms with Gasteiger partial charge in [-0.2, -0.15) is 18.3 Å². The minimum atomic E-state index is -4.96. The highest BCUT2D eigenvalue weighted by Gasteiger charge is 2.38. The molecule has 0 saturated carbocycles. The number of halogens is 3. The number of aryl methyl sites for hydroxylation is 1. The molecule has 0 aliphatic rings. The van der Waals surface area contributed by atoms with Crippen LogP contribution >= 0.6 is 0 Å². The van der Waals surface area contributed by atoms with Crippen molar-refractivity contribution in [3.8, 4) is 11.4 Å². The number of hydrogen-bond acceptors (Lipinski definition) is 3. The molecule has 0 fully saturated rings. The Morgan fingerprint density at radius 3 is 2.52 bits per heavy atom. The van der Waals surface area contributed by atoms with E-state index in [4.69, 9.17) is 0 Å². The molecule has 1 heterocycles. The van der Waals surface area contributed by atoms with Crippen LogP contribution in [0.5, 0.6) is 5.75 Å². The summed E-state index contributed by atoms with van der Waals surface area (Å²) in [4.78, 5) is 11.0. The maximum atomic E-state index is 12.4. The molecule has 0 aliphatic heterocycles. The molecule has 8 heteroatoms. The van der Waals surface area contributed by atoms with Crippen LogP contribution in [0.2, 0.25) is 0 Å². The molecule has 0 atom stereocenters. The second kappa shape index (κ2) is 6.12. The number of carbonyl (C=O) groups excluding carboxylic acids is 1. The molecule has 1 aromatic heterocycles. The van der Waals surface area contributed by atoms with Gasteiger partial charge in [-0.05, 0) is 37.3 Å². The summed E-state index contributed by atoms with van der Waals surface area (Å²) in [6, 6.07) is 11.9. The summed E-state index contributed by atoms with van der Waals surface area (Å²) in [5.74, 6) is -2.08. The minimum Gasteiger partial charge on any atom is -0.508 e. The van der Waals surface area contributed by atoms with Crippen molar-refractivity contribution in [1.82, 2.24) is 15.1 Å². The molecule has 3 rings (SSSR count). The van der Waals surface area contributed by atoms with E-state index in [0.29, 0.717) is 10.9 Å². The highest BCUT2D eigenvalue weighted by atomic mass is 19.4. The average molecular weight is 349 g/mol. The Bertz CT molecular complexity index is 931. The Labute approximate surface area is 140 Å². The third-order valence-electron chi connectivity index (χ3n) is 3.69. The maximum Gasteiger partial charge on any atom is 0.471 e. The van der Waals surface area contributed by atoms with Crippen LogP contribution < -0.4 is 5.32 Å². The summed E-state index contributed by atoms with van der Waals surface area (Å²) in [5.41, 5.74) is 2.60. The standard InChI is InChI=1S/C17H14F3N3O2/c1-10-2-4-11(5-3-10)23-15-7-6-12(24)8-13(15)14(22-23)9-21-16(25)17(18,19)20/h2-8,24H,9H2,1H3,(H,21,25). The number of nitrogens with zero attached hydrogens (tertiary/aromatic N) is 2. The summed E-state index contributed by atoms with van der Waals surface area (Å²) in [6.07, 6.45) is -4.96. The number of aromatic hydroxyl groups is 1. The number of phenolic OH excluding ortho intramolecular Hbond substituents is 1. The van der Waals surface area contributed by atoms with Gasteiger partial charge in [-0.1, -0.05) is 17.7 Å². The minimum absolute atomic E-state index is 0.0423. The second-order valence-electron chi connectivity index (χ2n) is 5.58. The number of alkyl halides is 3. The van der Waals surface area contributed by atoms with E-state index in [0.717, 1.165) is 11.3 Å². The number of rotatable bonds is 3. The predicted molar refractivity (Wildman–Crippen MR) is 85.4 cm³/mol. The highest BCUT2D eigenvalue weighted by molar-refractivity contribution is 5.86. The fourth-order valence-electron chi connectivity index (χ4n) is 2.45. The van der Waals surface area contributed by atoms with Gasteiger partial charge in [0.2, 0.25) is 0 Å². The number of amides is 1. The van der Waals surface area contributed by atoms with Gasteiger partial charge in [0.15, 0.2) is 0 Å². The quantitative estimate of drug-likeness (QED) is 0.763. The molecule has 2 N–H and O–H groups in total. The van der Waals surface area contributed by atoms with Crippen molar-refractivity contribution < 1.29 is 23.1 Å². The first kappa shape index (κ1) is 16.8. The van der Waals surface area contributed by atoms with E-state index in [-0.39, 0.29) is 11.4 Å². The summed E-state index contributed by atoms with van der Waals surface area (Å²) in [7, 11) is 0. The number of hydrogen-bond donors (Lipinski definition) is 2. The molecular weight excluding hydrogens is 335 g/mol. The van der Waals surface area contributed by atoms with Gasteiger partial charge in [0, 0.05) is 5.39 Å². The van der Waals surface area contributed by atoms with E-state index in [9.17, 15) is 23.1 Å². The highest BCUT2D eigenvalue weighted by Crippen LogP contribution is 2.26. The topological polar surface area (TPSA) is 67.2 Å². The van der Waals surface area contributed by atoms with Crippen LogP contribution in [0.25, 0.3) is 16.6 Å². The smallest absolute Gasteiger partial charge is 0.471 e. The Morgan fingerprint density at radius 1 is 1.20 bits per heavy atom. The second-order valence-corrected chi connectivity index (χ2v) is 5.58. The normalized spacial score (nSPS) is 11.7. The van der Waals surface area contributed by atoms with Crippen LogP contribution in [-0.4, -0.2) is 27.0 Å². The SMILES string of the molecule is Cc1ccc(-n2nc(CNC(=O)C(F)(F)F)c3cc(O)ccc32)cc1. The number of benzene rings is 2. The third kappa shape index (κ3) is 3.42. The summed E-state index contributed by atoms with van der Waals surface area (Å²) < 4.78 is 38.6. The van der Waals surface area contributed by atoms with Gasteiger partial charge in [0.25, 0.3) is 0 Å². The Hall–Kier alpha value is -3.03. The van der Waals surface area contributed by atoms with Crippen molar-refractivity contribution in [2.75, 3.05) is 0 Å². The van der Waals surface area contributed by atoms with E-state index in [2.05, 4.69) is 5.10 Å². The zero-order valence-corrected chi connectivity index (χ0v) is 13.1. The maximum absolute atomic E-state index is 12.4. The number of nitrogens with one attached hydrogen (secondary N) is 1. The van der Waals surface area contributed by atoms with Gasteiger partial charge in [-0.15, -0.1) is 0 Å². The molecule has 25 heavy (non-hydrogen) atoms. The number of carbonyl (C=O) groups is 1. The van der Waals surface area contributed by atoms with Crippen LogP contribution in [0.1, 0.15) is 11.3 Å². The lowest BCUT2D eigenvalue weighted by Gasteiger charge is -2.06. The van der Waals surface area contributed by atoms with E-state index in [1.165, 1.54) is 12.1 Å². The van der Waals surface area contributed by atoms with Crippen LogP contribution in [0.15, 0.2) is 42.5 Å². The van der Waals surface area contributed by atoms with Crippen LogP contribution in [0.3, 0.4) is 0 Å². The van der Waals surface area contributed by atoms with Crippen molar-refractivity contribution in [2.24, 2.45) is 0 Å². The van der Waals surface area contributed by atoms with Crippen LogP contribution in [0, 0.1) is 6.92 Å². The molecule has 0 radical (unpaired) electrons. The molecule has 0 saturated heterocycles. The number of fused-ring (bicyclic) bond motifs is 1. The van der Waals surface area contributed by atoms with Crippen molar-refractivity contribution in [3.05, 3.63) is 53.7 Å². The molecule has 0 bridgehead atoms. The molecular formula is C17H14F3N3O2. The predicted octanol–water partition coefficient (Wildman–Crippen LogP) is 3.22. The zero-order valence-electron chi connectivity index (χ0n) is 13.1. The lowest BCUT2D eigenvalue weighted by Crippen LogP contribution is -2.36. The van der Waals surface area contributed by atoms with E-state index < -0.39 is 18.6 Å². The van der Waals surface area contributed by atoms with Gasteiger partial charge in [-0.25, -0.2) is 4.68 Å². The van der Waals surface area contributed by atoms with Crippen molar-refractivity contribution in [2.45, 2.75) is 19.6 Å². The molecule has 1 amide bonds. The Balaban J connectivity index is 2.02. The van der Waals surface area contributed by atoms with E-state index >= 15 is 0 Å². The lowest BCUT2D eigenvalue weighted by molar-refractivity contribution is -0.173. The van der Waals surface area contributed by atoms with Crippen molar-refractivity contribution in [1.29, 1.82) is 0 Å². The first-order valence-corrected chi connectivity index (χ1v) is 7.38. The van der Waals surface area contributed by atoms with E-state index in [1.54, 1.807) is 16.1 Å². The molecule has 0 unspecified atom stereocenters. The molecule has 0 spiro atoms. The van der Waals surface area contributed by atoms with Crippen LogP contribution in [-0.2, 0) is 11.3 Å². The Kier molecular flexibility index (Phi) is 4.12. The third-order valence-corrected chi connectivity index (χ3v) is 3.69. The first-order valence-electron chi connectivity index (χ1n) is 7.38. The van der Waals surface area contributed by atoms with Gasteiger partial charge in [0.05, 0.1) is 23.4 Å². The largest absolute Gasteiger partial charge is 0.508 e. The first-order chi connectivity index (χ1) is 11.8. The fourth-order valence-corrected chi connectivity index (χ4v) is 2.45. The van der Waals surface area contributed by atoms with Crippen LogP contribution in [0.4, 0.5) is 13.2 Å². The number of aromatic nitrogens is 2. The van der Waals surface area contributed by atoms with Crippen molar-refractivity contribution in [3.63, 3.8) is 0 Å². The Morgan fingerprint density at radius 2 is 1.88 bits per heavy atom. The molecule has 5 nitrogen and oxygen atoms in total. The van der Waals surface area contributed by atoms with Gasteiger partial charge in [-0.3, -0.25) is 4.79 Å². The average Bonchev–Trinajstić information content (AvgIpc) is 2.90. The van der Waals surface area contributed by atoms with Gasteiger partial charge < -0.3 is 10.4 Å². The van der Waals surface area contributed by atoms with Gasteiger partial charge in [0.1, 0.15) is 5.75 Å². The summed E-state index contributed by atoms with van der Waals surface area (Å²) in [6.45, 7) is 1.53. The molecule has 130 valence electrons. The number of phenols is 1.